The number of ketones is 1. The maximum Gasteiger partial charge on any atom is 0.194 e. The van der Waals surface area contributed by atoms with Crippen LogP contribution in [-0.2, 0) is 14.3 Å². The first-order chi connectivity index (χ1) is 9.46. The van der Waals surface area contributed by atoms with Crippen LogP contribution < -0.4 is 0 Å². The zero-order valence-corrected chi connectivity index (χ0v) is 12.0. The van der Waals surface area contributed by atoms with Gasteiger partial charge in [-0.05, 0) is 45.2 Å². The Balaban J connectivity index is 1.95. The van der Waals surface area contributed by atoms with Crippen molar-refractivity contribution in [1.29, 1.82) is 0 Å². The summed E-state index contributed by atoms with van der Waals surface area (Å²) in [4.78, 5) is 12.5. The van der Waals surface area contributed by atoms with Gasteiger partial charge in [0.1, 0.15) is 17.5 Å². The van der Waals surface area contributed by atoms with Crippen LogP contribution in [0.5, 0.6) is 0 Å². The van der Waals surface area contributed by atoms with E-state index in [4.69, 9.17) is 9.47 Å². The first-order valence-electron chi connectivity index (χ1n) is 7.19. The minimum atomic E-state index is -0.284. The van der Waals surface area contributed by atoms with Crippen LogP contribution in [-0.4, -0.2) is 17.5 Å². The van der Waals surface area contributed by atoms with Crippen LogP contribution in [0.2, 0.25) is 0 Å². The molecule has 0 N–H and O–H groups in total. The van der Waals surface area contributed by atoms with Crippen LogP contribution in [0.15, 0.2) is 23.8 Å². The molecule has 2 atom stereocenters. The summed E-state index contributed by atoms with van der Waals surface area (Å²) in [7, 11) is 0. The lowest BCUT2D eigenvalue weighted by atomic mass is 9.90. The van der Waals surface area contributed by atoms with E-state index in [0.717, 1.165) is 35.3 Å². The van der Waals surface area contributed by atoms with Gasteiger partial charge >= 0.3 is 0 Å². The van der Waals surface area contributed by atoms with Gasteiger partial charge in [0.15, 0.2) is 11.9 Å². The number of epoxide rings is 1. The normalized spacial score (nSPS) is 29.9. The number of carbonyl (C=O) groups is 1. The minimum absolute atomic E-state index is 0.0737. The summed E-state index contributed by atoms with van der Waals surface area (Å²) in [6, 6.07) is 6.26. The number of Topliss-reactive ketones (excluding diaryl/α,β-unsaturated/α-hetero) is 1. The van der Waals surface area contributed by atoms with Crippen molar-refractivity contribution in [3.8, 4) is 0 Å². The third kappa shape index (κ3) is 1.66. The molecule has 3 nitrogen and oxygen atoms in total. The van der Waals surface area contributed by atoms with E-state index in [9.17, 15) is 4.79 Å². The number of hydrogen-bond acceptors (Lipinski definition) is 3. The van der Waals surface area contributed by atoms with E-state index in [1.807, 2.05) is 0 Å². The summed E-state index contributed by atoms with van der Waals surface area (Å²) in [6.45, 7) is 6.23. The highest BCUT2D eigenvalue weighted by molar-refractivity contribution is 6.07. The zero-order valence-electron chi connectivity index (χ0n) is 12.0. The molecule has 0 aromatic heterocycles. The predicted octanol–water partition coefficient (Wildman–Crippen LogP) is 3.32. The molecule has 1 aromatic rings. The number of ether oxygens (including phenoxy) is 2. The highest BCUT2D eigenvalue weighted by Gasteiger charge is 2.52. The number of hydrogen-bond donors (Lipinski definition) is 0. The maximum atomic E-state index is 12.5. The lowest BCUT2D eigenvalue weighted by Crippen LogP contribution is -2.30. The molecule has 3 heteroatoms. The monoisotopic (exact) mass is 270 g/mol. The largest absolute Gasteiger partial charge is 0.487 e. The van der Waals surface area contributed by atoms with E-state index in [2.05, 4.69) is 39.0 Å². The molecule has 2 unspecified atom stereocenters. The molecule has 1 aliphatic carbocycles. The van der Waals surface area contributed by atoms with E-state index in [1.165, 1.54) is 5.56 Å². The van der Waals surface area contributed by atoms with Gasteiger partial charge in [0.2, 0.25) is 0 Å². The minimum Gasteiger partial charge on any atom is -0.487 e. The van der Waals surface area contributed by atoms with Gasteiger partial charge in [-0.2, -0.15) is 0 Å². The van der Waals surface area contributed by atoms with E-state index in [1.54, 1.807) is 0 Å². The van der Waals surface area contributed by atoms with Gasteiger partial charge in [-0.25, -0.2) is 0 Å². The SMILES string of the molecule is Cc1ccc2c(c1)C1=C(CCC(C)(C)O1)C(=O)C1OC21. The molecular formula is C17H18O3. The second kappa shape index (κ2) is 3.73. The summed E-state index contributed by atoms with van der Waals surface area (Å²) in [5.74, 6) is 0.912. The molecule has 0 amide bonds. The fraction of sp³-hybridized carbons (Fsp3) is 0.471. The smallest absolute Gasteiger partial charge is 0.194 e. The molecule has 20 heavy (non-hydrogen) atoms. The van der Waals surface area contributed by atoms with E-state index < -0.39 is 0 Å². The molecule has 0 saturated carbocycles. The van der Waals surface area contributed by atoms with E-state index >= 15 is 0 Å². The summed E-state index contributed by atoms with van der Waals surface area (Å²) in [6.07, 6.45) is 1.29. The molecule has 1 saturated heterocycles. The zero-order chi connectivity index (χ0) is 14.1. The summed E-state index contributed by atoms with van der Waals surface area (Å²) in [5, 5.41) is 0. The van der Waals surface area contributed by atoms with Crippen molar-refractivity contribution < 1.29 is 14.3 Å². The second-order valence-electron chi connectivity index (χ2n) is 6.60. The van der Waals surface area contributed by atoms with Crippen molar-refractivity contribution >= 4 is 11.5 Å². The van der Waals surface area contributed by atoms with E-state index in [0.29, 0.717) is 0 Å². The molecule has 0 bridgehead atoms. The topological polar surface area (TPSA) is 38.8 Å². The highest BCUT2D eigenvalue weighted by Crippen LogP contribution is 2.50. The molecule has 0 spiro atoms. The summed E-state index contributed by atoms with van der Waals surface area (Å²) in [5.41, 5.74) is 3.92. The number of benzene rings is 1. The standard InChI is InChI=1S/C17H18O3/c1-9-4-5-10-12(8-9)14-11(6-7-17(2,3)20-14)13(18)16-15(10)19-16/h4-5,8,15-16H,6-7H2,1-3H3. The molecule has 4 rings (SSSR count). The molecule has 2 aliphatic heterocycles. The van der Waals surface area contributed by atoms with Crippen LogP contribution in [0.4, 0.5) is 0 Å². The Morgan fingerprint density at radius 2 is 2.05 bits per heavy atom. The molecule has 1 fully saturated rings. The van der Waals surface area contributed by atoms with Gasteiger partial charge in [-0.3, -0.25) is 4.79 Å². The van der Waals surface area contributed by atoms with Crippen molar-refractivity contribution in [3.05, 3.63) is 40.5 Å². The van der Waals surface area contributed by atoms with Crippen LogP contribution in [0.25, 0.3) is 5.76 Å². The van der Waals surface area contributed by atoms with Gasteiger partial charge in [0.25, 0.3) is 0 Å². The lowest BCUT2D eigenvalue weighted by Gasteiger charge is -2.34. The van der Waals surface area contributed by atoms with Crippen LogP contribution in [0, 0.1) is 6.92 Å². The number of carbonyl (C=O) groups excluding carboxylic acids is 1. The van der Waals surface area contributed by atoms with Crippen LogP contribution in [0.3, 0.4) is 0 Å². The van der Waals surface area contributed by atoms with E-state index in [-0.39, 0.29) is 23.6 Å². The molecule has 3 aliphatic rings. The Kier molecular flexibility index (Phi) is 2.27. The van der Waals surface area contributed by atoms with Crippen LogP contribution in [0.1, 0.15) is 49.5 Å². The summed E-state index contributed by atoms with van der Waals surface area (Å²) >= 11 is 0. The van der Waals surface area contributed by atoms with Crippen LogP contribution >= 0.6 is 0 Å². The van der Waals surface area contributed by atoms with Gasteiger partial charge < -0.3 is 9.47 Å². The third-order valence-electron chi connectivity index (χ3n) is 4.44. The van der Waals surface area contributed by atoms with Crippen molar-refractivity contribution in [2.45, 2.75) is 51.4 Å². The number of rotatable bonds is 0. The average Bonchev–Trinajstić information content (AvgIpc) is 3.16. The molecule has 0 radical (unpaired) electrons. The second-order valence-corrected chi connectivity index (χ2v) is 6.60. The fourth-order valence-electron chi connectivity index (χ4n) is 3.22. The summed E-state index contributed by atoms with van der Waals surface area (Å²) < 4.78 is 11.8. The van der Waals surface area contributed by atoms with Crippen molar-refractivity contribution in [3.63, 3.8) is 0 Å². The third-order valence-corrected chi connectivity index (χ3v) is 4.44. The number of aryl methyl sites for hydroxylation is 1. The Morgan fingerprint density at radius 1 is 1.25 bits per heavy atom. The molecule has 1 aromatic carbocycles. The Morgan fingerprint density at radius 3 is 2.85 bits per heavy atom. The quantitative estimate of drug-likeness (QED) is 0.679. The molecule has 104 valence electrons. The Bertz CT molecular complexity index is 654. The van der Waals surface area contributed by atoms with Gasteiger partial charge in [0, 0.05) is 11.1 Å². The van der Waals surface area contributed by atoms with Gasteiger partial charge in [0.05, 0.1) is 0 Å². The lowest BCUT2D eigenvalue weighted by molar-refractivity contribution is -0.117. The van der Waals surface area contributed by atoms with Gasteiger partial charge in [-0.15, -0.1) is 0 Å². The predicted molar refractivity (Wildman–Crippen MR) is 75.1 cm³/mol. The highest BCUT2D eigenvalue weighted by atomic mass is 16.6. The van der Waals surface area contributed by atoms with Crippen molar-refractivity contribution in [2.24, 2.45) is 0 Å². The maximum absolute atomic E-state index is 12.5. The molecular weight excluding hydrogens is 252 g/mol. The number of fused-ring (bicyclic) bond motifs is 4. The van der Waals surface area contributed by atoms with Crippen molar-refractivity contribution in [1.82, 2.24) is 0 Å². The molecule has 2 heterocycles. The first kappa shape index (κ1) is 12.2. The fourth-order valence-corrected chi connectivity index (χ4v) is 3.22. The average molecular weight is 270 g/mol. The first-order valence-corrected chi connectivity index (χ1v) is 7.19. The Labute approximate surface area is 118 Å². The van der Waals surface area contributed by atoms with Crippen molar-refractivity contribution in [2.75, 3.05) is 0 Å². The van der Waals surface area contributed by atoms with Gasteiger partial charge in [-0.1, -0.05) is 17.7 Å². The Hall–Kier alpha value is -1.61.